The van der Waals surface area contributed by atoms with Crippen LogP contribution in [-0.4, -0.2) is 37.3 Å². The number of hydrogen-bond donors (Lipinski definition) is 2. The smallest absolute Gasteiger partial charge is 0.337 e. The molecule has 0 aliphatic carbocycles. The third-order valence-electron chi connectivity index (χ3n) is 4.06. The molecular formula is C17H18ClN3O2. The molecule has 6 heteroatoms. The van der Waals surface area contributed by atoms with Crippen LogP contribution in [0.15, 0.2) is 42.5 Å². The number of halogens is 1. The van der Waals surface area contributed by atoms with E-state index in [1.54, 1.807) is 12.1 Å². The number of aromatic carboxylic acids is 1. The molecule has 3 rings (SSSR count). The standard InChI is InChI=1S/C17H18ClN3O2/c18-12-1-4-14(5-2-12)20-7-9-21(10-8-20)16-6-3-13(19)11-15(16)17(22)23/h1-6,11H,7-10,19H2,(H,22,23). The van der Waals surface area contributed by atoms with E-state index >= 15 is 0 Å². The first-order valence-corrected chi connectivity index (χ1v) is 7.80. The number of carboxylic acid groups (broad SMARTS) is 1. The number of nitrogens with zero attached hydrogens (tertiary/aromatic N) is 2. The minimum atomic E-state index is -0.951. The van der Waals surface area contributed by atoms with Crippen LogP contribution in [0.4, 0.5) is 17.1 Å². The van der Waals surface area contributed by atoms with Crippen molar-refractivity contribution in [2.24, 2.45) is 0 Å². The molecule has 0 atom stereocenters. The molecule has 1 fully saturated rings. The zero-order valence-corrected chi connectivity index (χ0v) is 13.3. The molecule has 0 amide bonds. The maximum atomic E-state index is 11.4. The Kier molecular flexibility index (Phi) is 4.30. The highest BCUT2D eigenvalue weighted by molar-refractivity contribution is 6.30. The summed E-state index contributed by atoms with van der Waals surface area (Å²) in [5.74, 6) is -0.951. The third kappa shape index (κ3) is 3.35. The second kappa shape index (κ2) is 6.38. The molecule has 0 unspecified atom stereocenters. The van der Waals surface area contributed by atoms with E-state index in [0.29, 0.717) is 5.69 Å². The summed E-state index contributed by atoms with van der Waals surface area (Å²) in [6, 6.07) is 12.8. The first kappa shape index (κ1) is 15.5. The lowest BCUT2D eigenvalue weighted by Crippen LogP contribution is -2.47. The Morgan fingerprint density at radius 2 is 1.61 bits per heavy atom. The van der Waals surface area contributed by atoms with E-state index in [2.05, 4.69) is 9.80 Å². The highest BCUT2D eigenvalue weighted by Gasteiger charge is 2.21. The summed E-state index contributed by atoms with van der Waals surface area (Å²) in [4.78, 5) is 15.8. The zero-order valence-electron chi connectivity index (χ0n) is 12.6. The van der Waals surface area contributed by atoms with Crippen LogP contribution in [0.3, 0.4) is 0 Å². The number of anilines is 3. The van der Waals surface area contributed by atoms with Crippen molar-refractivity contribution in [2.45, 2.75) is 0 Å². The van der Waals surface area contributed by atoms with Gasteiger partial charge in [-0.15, -0.1) is 0 Å². The van der Waals surface area contributed by atoms with Crippen molar-refractivity contribution in [3.8, 4) is 0 Å². The largest absolute Gasteiger partial charge is 0.478 e. The molecule has 1 saturated heterocycles. The predicted octanol–water partition coefficient (Wildman–Crippen LogP) is 2.95. The van der Waals surface area contributed by atoms with Gasteiger partial charge in [-0.2, -0.15) is 0 Å². The number of benzene rings is 2. The third-order valence-corrected chi connectivity index (χ3v) is 4.32. The molecule has 1 heterocycles. The van der Waals surface area contributed by atoms with Crippen LogP contribution in [0, 0.1) is 0 Å². The lowest BCUT2D eigenvalue weighted by Gasteiger charge is -2.38. The normalized spacial score (nSPS) is 14.8. The first-order valence-electron chi connectivity index (χ1n) is 7.43. The van der Waals surface area contributed by atoms with E-state index in [4.69, 9.17) is 17.3 Å². The number of hydrogen-bond acceptors (Lipinski definition) is 4. The zero-order chi connectivity index (χ0) is 16.4. The van der Waals surface area contributed by atoms with Gasteiger partial charge >= 0.3 is 5.97 Å². The van der Waals surface area contributed by atoms with E-state index < -0.39 is 5.97 Å². The van der Waals surface area contributed by atoms with E-state index in [9.17, 15) is 9.90 Å². The molecule has 1 aliphatic heterocycles. The molecule has 2 aromatic rings. The molecule has 1 aliphatic rings. The van der Waals surface area contributed by atoms with Crippen molar-refractivity contribution >= 4 is 34.6 Å². The van der Waals surface area contributed by atoms with E-state index in [1.807, 2.05) is 24.3 Å². The van der Waals surface area contributed by atoms with Crippen LogP contribution >= 0.6 is 11.6 Å². The van der Waals surface area contributed by atoms with Gasteiger partial charge in [-0.25, -0.2) is 4.79 Å². The Balaban J connectivity index is 1.74. The Labute approximate surface area is 139 Å². The number of rotatable bonds is 3. The summed E-state index contributed by atoms with van der Waals surface area (Å²) < 4.78 is 0. The summed E-state index contributed by atoms with van der Waals surface area (Å²) in [5.41, 5.74) is 8.28. The van der Waals surface area contributed by atoms with Gasteiger partial charge in [-0.05, 0) is 42.5 Å². The van der Waals surface area contributed by atoms with Crippen molar-refractivity contribution in [1.29, 1.82) is 0 Å². The van der Waals surface area contributed by atoms with Gasteiger partial charge in [0, 0.05) is 42.6 Å². The monoisotopic (exact) mass is 331 g/mol. The number of carbonyl (C=O) groups is 1. The summed E-state index contributed by atoms with van der Waals surface area (Å²) in [6.07, 6.45) is 0. The Bertz CT molecular complexity index is 710. The van der Waals surface area contributed by atoms with E-state index in [1.165, 1.54) is 6.07 Å². The molecule has 23 heavy (non-hydrogen) atoms. The van der Waals surface area contributed by atoms with Crippen molar-refractivity contribution < 1.29 is 9.90 Å². The second-order valence-corrected chi connectivity index (χ2v) is 5.97. The number of nitrogens with two attached hydrogens (primary N) is 1. The van der Waals surface area contributed by atoms with Crippen LogP contribution in [0.25, 0.3) is 0 Å². The highest BCUT2D eigenvalue weighted by Crippen LogP contribution is 2.26. The fraction of sp³-hybridized carbons (Fsp3) is 0.235. The SMILES string of the molecule is Nc1ccc(N2CCN(c3ccc(Cl)cc3)CC2)c(C(=O)O)c1. The average Bonchev–Trinajstić information content (AvgIpc) is 2.56. The first-order chi connectivity index (χ1) is 11.0. The van der Waals surface area contributed by atoms with Crippen molar-refractivity contribution in [2.75, 3.05) is 41.7 Å². The van der Waals surface area contributed by atoms with Crippen LogP contribution in [0.2, 0.25) is 5.02 Å². The molecule has 0 saturated carbocycles. The molecule has 2 aromatic carbocycles. The lowest BCUT2D eigenvalue weighted by atomic mass is 10.1. The summed E-state index contributed by atoms with van der Waals surface area (Å²) >= 11 is 5.92. The molecule has 0 aromatic heterocycles. The minimum Gasteiger partial charge on any atom is -0.478 e. The molecule has 5 nitrogen and oxygen atoms in total. The van der Waals surface area contributed by atoms with E-state index in [0.717, 1.165) is 42.6 Å². The molecule has 3 N–H and O–H groups in total. The minimum absolute atomic E-state index is 0.255. The van der Waals surface area contributed by atoms with Crippen molar-refractivity contribution in [3.05, 3.63) is 53.1 Å². The molecule has 0 spiro atoms. The van der Waals surface area contributed by atoms with Crippen molar-refractivity contribution in [3.63, 3.8) is 0 Å². The predicted molar refractivity (Wildman–Crippen MR) is 93.7 cm³/mol. The van der Waals surface area contributed by atoms with Crippen LogP contribution < -0.4 is 15.5 Å². The van der Waals surface area contributed by atoms with Gasteiger partial charge in [0.15, 0.2) is 0 Å². The van der Waals surface area contributed by atoms with Crippen LogP contribution in [0.1, 0.15) is 10.4 Å². The maximum Gasteiger partial charge on any atom is 0.337 e. The Hall–Kier alpha value is -2.40. The second-order valence-electron chi connectivity index (χ2n) is 5.53. The average molecular weight is 332 g/mol. The van der Waals surface area contributed by atoms with Crippen LogP contribution in [0.5, 0.6) is 0 Å². The molecule has 0 radical (unpaired) electrons. The van der Waals surface area contributed by atoms with Gasteiger partial charge in [0.2, 0.25) is 0 Å². The Morgan fingerprint density at radius 3 is 2.22 bits per heavy atom. The van der Waals surface area contributed by atoms with E-state index in [-0.39, 0.29) is 5.56 Å². The number of nitrogen functional groups attached to an aromatic ring is 1. The fourth-order valence-corrected chi connectivity index (χ4v) is 2.98. The quantitative estimate of drug-likeness (QED) is 0.846. The maximum absolute atomic E-state index is 11.4. The molecule has 0 bridgehead atoms. The van der Waals surface area contributed by atoms with Gasteiger partial charge in [-0.3, -0.25) is 0 Å². The topological polar surface area (TPSA) is 69.8 Å². The molecule has 120 valence electrons. The number of piperazine rings is 1. The highest BCUT2D eigenvalue weighted by atomic mass is 35.5. The molecular weight excluding hydrogens is 314 g/mol. The fourth-order valence-electron chi connectivity index (χ4n) is 2.86. The number of carboxylic acids is 1. The van der Waals surface area contributed by atoms with Crippen molar-refractivity contribution in [1.82, 2.24) is 0 Å². The van der Waals surface area contributed by atoms with Gasteiger partial charge in [0.05, 0.1) is 11.3 Å². The lowest BCUT2D eigenvalue weighted by molar-refractivity contribution is 0.0697. The van der Waals surface area contributed by atoms with Gasteiger partial charge in [0.1, 0.15) is 0 Å². The van der Waals surface area contributed by atoms with Gasteiger partial charge in [-0.1, -0.05) is 11.6 Å². The summed E-state index contributed by atoms with van der Waals surface area (Å²) in [5, 5.41) is 10.1. The van der Waals surface area contributed by atoms with Gasteiger partial charge in [0.25, 0.3) is 0 Å². The summed E-state index contributed by atoms with van der Waals surface area (Å²) in [6.45, 7) is 3.16. The summed E-state index contributed by atoms with van der Waals surface area (Å²) in [7, 11) is 0. The Morgan fingerprint density at radius 1 is 1.00 bits per heavy atom. The van der Waals surface area contributed by atoms with Gasteiger partial charge < -0.3 is 20.6 Å². The van der Waals surface area contributed by atoms with Crippen LogP contribution in [-0.2, 0) is 0 Å².